The van der Waals surface area contributed by atoms with E-state index in [0.29, 0.717) is 6.61 Å². The molecule has 0 bridgehead atoms. The van der Waals surface area contributed by atoms with Crippen molar-refractivity contribution in [2.24, 2.45) is 0 Å². The van der Waals surface area contributed by atoms with Gasteiger partial charge in [0.2, 0.25) is 0 Å². The third-order valence-electron chi connectivity index (χ3n) is 3.08. The molecule has 20 heavy (non-hydrogen) atoms. The number of hydrogen-bond donors (Lipinski definition) is 1. The van der Waals surface area contributed by atoms with E-state index in [2.05, 4.69) is 22.8 Å². The van der Waals surface area contributed by atoms with Crippen LogP contribution in [-0.2, 0) is 6.42 Å². The van der Waals surface area contributed by atoms with Gasteiger partial charge in [0.1, 0.15) is 12.4 Å². The third kappa shape index (κ3) is 4.51. The van der Waals surface area contributed by atoms with Gasteiger partial charge in [-0.3, -0.25) is 0 Å². The monoisotopic (exact) mass is 309 g/mol. The maximum atomic E-state index is 6.01. The van der Waals surface area contributed by atoms with Crippen LogP contribution in [0.25, 0.3) is 0 Å². The first-order chi connectivity index (χ1) is 9.66. The van der Waals surface area contributed by atoms with Crippen LogP contribution in [0, 0.1) is 13.8 Å². The highest BCUT2D eigenvalue weighted by Gasteiger charge is 2.05. The molecule has 0 aliphatic rings. The number of hydrogen-bond acceptors (Lipinski definition) is 3. The Bertz CT molecular complexity index is 516. The highest BCUT2D eigenvalue weighted by molar-refractivity contribution is 7.09. The molecule has 1 aromatic heterocycles. The summed E-state index contributed by atoms with van der Waals surface area (Å²) in [5.41, 5.74) is 2.18. The van der Waals surface area contributed by atoms with Gasteiger partial charge in [-0.2, -0.15) is 0 Å². The highest BCUT2D eigenvalue weighted by atomic mass is 35.5. The largest absolute Gasteiger partial charge is 0.492 e. The van der Waals surface area contributed by atoms with E-state index in [1.54, 1.807) is 11.3 Å². The average molecular weight is 310 g/mol. The number of ether oxygens (including phenoxy) is 1. The van der Waals surface area contributed by atoms with E-state index in [4.69, 9.17) is 16.3 Å². The van der Waals surface area contributed by atoms with Crippen LogP contribution < -0.4 is 10.1 Å². The fraction of sp³-hybridized carbons (Fsp3) is 0.375. The first-order valence-electron chi connectivity index (χ1n) is 6.79. The van der Waals surface area contributed by atoms with Crippen LogP contribution in [0.3, 0.4) is 0 Å². The van der Waals surface area contributed by atoms with Gasteiger partial charge in [-0.1, -0.05) is 17.7 Å². The third-order valence-corrected chi connectivity index (χ3v) is 4.23. The summed E-state index contributed by atoms with van der Waals surface area (Å²) in [4.78, 5) is 1.42. The molecule has 0 aliphatic heterocycles. The molecule has 0 spiro atoms. The number of rotatable bonds is 7. The molecule has 0 saturated heterocycles. The van der Waals surface area contributed by atoms with Gasteiger partial charge in [-0.25, -0.2) is 0 Å². The van der Waals surface area contributed by atoms with Gasteiger partial charge >= 0.3 is 0 Å². The summed E-state index contributed by atoms with van der Waals surface area (Å²) >= 11 is 7.81. The number of halogens is 1. The molecule has 2 aromatic rings. The van der Waals surface area contributed by atoms with Crippen molar-refractivity contribution in [2.45, 2.75) is 20.3 Å². The van der Waals surface area contributed by atoms with Crippen molar-refractivity contribution < 1.29 is 4.74 Å². The van der Waals surface area contributed by atoms with Crippen LogP contribution >= 0.6 is 22.9 Å². The van der Waals surface area contributed by atoms with Crippen LogP contribution in [0.1, 0.15) is 16.0 Å². The van der Waals surface area contributed by atoms with Gasteiger partial charge < -0.3 is 10.1 Å². The van der Waals surface area contributed by atoms with Crippen LogP contribution in [0.4, 0.5) is 0 Å². The van der Waals surface area contributed by atoms with E-state index >= 15 is 0 Å². The first-order valence-corrected chi connectivity index (χ1v) is 8.05. The second-order valence-electron chi connectivity index (χ2n) is 4.80. The molecule has 0 amide bonds. The van der Waals surface area contributed by atoms with Gasteiger partial charge in [0.05, 0.1) is 0 Å². The smallest absolute Gasteiger partial charge is 0.125 e. The molecular weight excluding hydrogens is 290 g/mol. The van der Waals surface area contributed by atoms with E-state index in [1.165, 1.54) is 4.88 Å². The molecule has 0 fully saturated rings. The zero-order valence-electron chi connectivity index (χ0n) is 11.9. The SMILES string of the molecule is Cc1cc(Cl)cc(C)c1OCCNCCc1cccs1. The van der Waals surface area contributed by atoms with E-state index in [-0.39, 0.29) is 0 Å². The van der Waals surface area contributed by atoms with Gasteiger partial charge in [0, 0.05) is 23.0 Å². The van der Waals surface area contributed by atoms with Crippen molar-refractivity contribution in [2.75, 3.05) is 19.7 Å². The number of thiophene rings is 1. The van der Waals surface area contributed by atoms with Crippen LogP contribution in [0.15, 0.2) is 29.6 Å². The lowest BCUT2D eigenvalue weighted by Gasteiger charge is -2.13. The van der Waals surface area contributed by atoms with Crippen LogP contribution in [0.2, 0.25) is 5.02 Å². The minimum atomic E-state index is 0.674. The molecule has 0 aliphatic carbocycles. The first kappa shape index (κ1) is 15.4. The molecule has 1 N–H and O–H groups in total. The molecule has 2 nitrogen and oxygen atoms in total. The Morgan fingerprint density at radius 2 is 1.95 bits per heavy atom. The Labute approximate surface area is 129 Å². The fourth-order valence-electron chi connectivity index (χ4n) is 2.14. The lowest BCUT2D eigenvalue weighted by atomic mass is 10.1. The van der Waals surface area contributed by atoms with Gasteiger partial charge in [0.25, 0.3) is 0 Å². The van der Waals surface area contributed by atoms with Crippen molar-refractivity contribution in [3.63, 3.8) is 0 Å². The van der Waals surface area contributed by atoms with Gasteiger partial charge in [0.15, 0.2) is 0 Å². The Kier molecular flexibility index (Phi) is 5.89. The predicted octanol–water partition coefficient (Wildman–Crippen LogP) is 4.23. The Hall–Kier alpha value is -1.03. The number of benzene rings is 1. The second-order valence-corrected chi connectivity index (χ2v) is 6.27. The maximum Gasteiger partial charge on any atom is 0.125 e. The molecule has 0 unspecified atom stereocenters. The Balaban J connectivity index is 1.68. The minimum Gasteiger partial charge on any atom is -0.492 e. The molecule has 0 radical (unpaired) electrons. The molecule has 4 heteroatoms. The van der Waals surface area contributed by atoms with Gasteiger partial charge in [-0.05, 0) is 55.0 Å². The van der Waals surface area contributed by atoms with Gasteiger partial charge in [-0.15, -0.1) is 11.3 Å². The highest BCUT2D eigenvalue weighted by Crippen LogP contribution is 2.26. The molecule has 2 rings (SSSR count). The lowest BCUT2D eigenvalue weighted by Crippen LogP contribution is -2.23. The Morgan fingerprint density at radius 1 is 1.20 bits per heavy atom. The maximum absolute atomic E-state index is 6.01. The molecule has 1 aromatic carbocycles. The topological polar surface area (TPSA) is 21.3 Å². The minimum absolute atomic E-state index is 0.674. The standard InChI is InChI=1S/C16H20ClNOS/c1-12-10-14(17)11-13(2)16(12)19-8-7-18-6-5-15-4-3-9-20-15/h3-4,9-11,18H,5-8H2,1-2H3. The van der Waals surface area contributed by atoms with E-state index in [0.717, 1.165) is 41.4 Å². The molecule has 1 heterocycles. The van der Waals surface area contributed by atoms with E-state index < -0.39 is 0 Å². The molecule has 0 atom stereocenters. The quantitative estimate of drug-likeness (QED) is 0.773. The zero-order chi connectivity index (χ0) is 14.4. The van der Waals surface area contributed by atoms with Crippen LogP contribution in [-0.4, -0.2) is 19.7 Å². The van der Waals surface area contributed by atoms with E-state index in [9.17, 15) is 0 Å². The second kappa shape index (κ2) is 7.67. The zero-order valence-corrected chi connectivity index (χ0v) is 13.5. The summed E-state index contributed by atoms with van der Waals surface area (Å²) in [7, 11) is 0. The fourth-order valence-corrected chi connectivity index (χ4v) is 3.18. The molecule has 0 saturated carbocycles. The average Bonchev–Trinajstić information content (AvgIpc) is 2.89. The van der Waals surface area contributed by atoms with Crippen molar-refractivity contribution in [1.29, 1.82) is 0 Å². The van der Waals surface area contributed by atoms with Crippen molar-refractivity contribution in [3.8, 4) is 5.75 Å². The predicted molar refractivity (Wildman–Crippen MR) is 87.3 cm³/mol. The van der Waals surface area contributed by atoms with Crippen molar-refractivity contribution in [3.05, 3.63) is 50.7 Å². The lowest BCUT2D eigenvalue weighted by molar-refractivity contribution is 0.310. The summed E-state index contributed by atoms with van der Waals surface area (Å²) in [6.45, 7) is 6.57. The summed E-state index contributed by atoms with van der Waals surface area (Å²) in [6, 6.07) is 8.14. The normalized spacial score (nSPS) is 10.8. The summed E-state index contributed by atoms with van der Waals surface area (Å²) in [6.07, 6.45) is 1.08. The van der Waals surface area contributed by atoms with Crippen LogP contribution in [0.5, 0.6) is 5.75 Å². The van der Waals surface area contributed by atoms with E-state index in [1.807, 2.05) is 26.0 Å². The van der Waals surface area contributed by atoms with Crippen molar-refractivity contribution >= 4 is 22.9 Å². The summed E-state index contributed by atoms with van der Waals surface area (Å²) in [5.74, 6) is 0.953. The number of aryl methyl sites for hydroxylation is 2. The number of nitrogens with one attached hydrogen (secondary N) is 1. The summed E-state index contributed by atoms with van der Waals surface area (Å²) < 4.78 is 5.84. The molecule has 108 valence electrons. The Morgan fingerprint density at radius 3 is 2.60 bits per heavy atom. The molecular formula is C16H20ClNOS. The summed E-state index contributed by atoms with van der Waals surface area (Å²) in [5, 5.41) is 6.28. The van der Waals surface area contributed by atoms with Crippen molar-refractivity contribution in [1.82, 2.24) is 5.32 Å².